The Balaban J connectivity index is 1.80. The van der Waals surface area contributed by atoms with Crippen molar-refractivity contribution >= 4 is 39.3 Å². The molecule has 1 heterocycles. The van der Waals surface area contributed by atoms with Crippen LogP contribution in [0.2, 0.25) is 10.0 Å². The molecule has 2 rings (SSSR count). The molecule has 1 aromatic rings. The minimum atomic E-state index is -3.70. The smallest absolute Gasteiger partial charge is 0.317 e. The van der Waals surface area contributed by atoms with Crippen LogP contribution < -0.4 is 10.0 Å². The van der Waals surface area contributed by atoms with Crippen molar-refractivity contribution in [3.05, 3.63) is 28.2 Å². The molecule has 7 nitrogen and oxygen atoms in total. The Morgan fingerprint density at radius 2 is 1.87 bits per heavy atom. The molecule has 1 aliphatic rings. The van der Waals surface area contributed by atoms with Gasteiger partial charge in [0.1, 0.15) is 0 Å². The molecule has 0 radical (unpaired) electrons. The number of nitrogens with one attached hydrogen (secondary N) is 2. The van der Waals surface area contributed by atoms with E-state index < -0.39 is 10.0 Å². The normalized spacial score (nSPS) is 15.5. The van der Waals surface area contributed by atoms with E-state index in [4.69, 9.17) is 27.9 Å². The van der Waals surface area contributed by atoms with Gasteiger partial charge in [-0.1, -0.05) is 23.2 Å². The van der Waals surface area contributed by atoms with Crippen molar-refractivity contribution in [3.63, 3.8) is 0 Å². The number of carbonyl (C=O) groups is 1. The fraction of sp³-hybridized carbons (Fsp3) is 0.462. The number of sulfonamides is 1. The molecule has 2 N–H and O–H groups in total. The zero-order valence-electron chi connectivity index (χ0n) is 12.2. The molecule has 0 aliphatic carbocycles. The van der Waals surface area contributed by atoms with Gasteiger partial charge >= 0.3 is 6.03 Å². The van der Waals surface area contributed by atoms with Crippen molar-refractivity contribution in [2.75, 3.05) is 39.4 Å². The van der Waals surface area contributed by atoms with Gasteiger partial charge < -0.3 is 15.0 Å². The second-order valence-corrected chi connectivity index (χ2v) is 7.39. The summed E-state index contributed by atoms with van der Waals surface area (Å²) in [5, 5.41) is 3.10. The second kappa shape index (κ2) is 8.16. The van der Waals surface area contributed by atoms with Gasteiger partial charge in [0, 0.05) is 26.2 Å². The molecule has 1 aromatic carbocycles. The van der Waals surface area contributed by atoms with Crippen LogP contribution in [-0.4, -0.2) is 58.7 Å². The summed E-state index contributed by atoms with van der Waals surface area (Å²) >= 11 is 11.6. The first-order valence-electron chi connectivity index (χ1n) is 6.95. The molecule has 0 aromatic heterocycles. The summed E-state index contributed by atoms with van der Waals surface area (Å²) in [6.07, 6.45) is 0. The first kappa shape index (κ1) is 18.3. The van der Waals surface area contributed by atoms with Crippen LogP contribution in [0.3, 0.4) is 0 Å². The van der Waals surface area contributed by atoms with Crippen molar-refractivity contribution in [3.8, 4) is 0 Å². The number of urea groups is 1. The monoisotopic (exact) mass is 381 g/mol. The van der Waals surface area contributed by atoms with Crippen LogP contribution in [0, 0.1) is 0 Å². The summed E-state index contributed by atoms with van der Waals surface area (Å²) in [5.74, 6) is 0. The summed E-state index contributed by atoms with van der Waals surface area (Å²) < 4.78 is 31.7. The lowest BCUT2D eigenvalue weighted by Gasteiger charge is -2.26. The van der Waals surface area contributed by atoms with E-state index in [-0.39, 0.29) is 34.1 Å². The number of halogens is 2. The third kappa shape index (κ3) is 5.22. The fourth-order valence-corrected chi connectivity index (χ4v) is 3.38. The Bertz CT molecular complexity index is 663. The van der Waals surface area contributed by atoms with E-state index in [9.17, 15) is 13.2 Å². The van der Waals surface area contributed by atoms with E-state index in [1.165, 1.54) is 18.2 Å². The molecular formula is C13H17Cl2N3O4S. The lowest BCUT2D eigenvalue weighted by molar-refractivity contribution is 0.0533. The van der Waals surface area contributed by atoms with E-state index in [0.29, 0.717) is 26.3 Å². The van der Waals surface area contributed by atoms with Crippen LogP contribution in [0.5, 0.6) is 0 Å². The number of carbonyl (C=O) groups excluding carboxylic acids is 1. The lowest BCUT2D eigenvalue weighted by Crippen LogP contribution is -2.47. The van der Waals surface area contributed by atoms with Gasteiger partial charge in [-0.3, -0.25) is 0 Å². The third-order valence-electron chi connectivity index (χ3n) is 3.19. The van der Waals surface area contributed by atoms with Gasteiger partial charge in [0.05, 0.1) is 28.2 Å². The van der Waals surface area contributed by atoms with Gasteiger partial charge in [-0.15, -0.1) is 0 Å². The van der Waals surface area contributed by atoms with E-state index in [1.807, 2.05) is 0 Å². The largest absolute Gasteiger partial charge is 0.378 e. The molecule has 0 spiro atoms. The van der Waals surface area contributed by atoms with Crippen LogP contribution in [0.4, 0.5) is 4.79 Å². The number of nitrogens with zero attached hydrogens (tertiary/aromatic N) is 1. The number of ether oxygens (including phenoxy) is 1. The molecule has 10 heteroatoms. The van der Waals surface area contributed by atoms with E-state index >= 15 is 0 Å². The predicted molar refractivity (Wildman–Crippen MR) is 87.4 cm³/mol. The highest BCUT2D eigenvalue weighted by molar-refractivity contribution is 7.89. The maximum atomic E-state index is 12.1. The number of hydrogen-bond acceptors (Lipinski definition) is 4. The van der Waals surface area contributed by atoms with Crippen LogP contribution in [0.1, 0.15) is 0 Å². The molecule has 0 saturated carbocycles. The van der Waals surface area contributed by atoms with Crippen LogP contribution in [0.15, 0.2) is 23.1 Å². The standard InChI is InChI=1S/C13H17Cl2N3O4S/c14-11-2-1-10(9-12(11)15)23(20,21)17-4-3-16-13(19)18-5-7-22-8-6-18/h1-2,9,17H,3-8H2,(H,16,19). The highest BCUT2D eigenvalue weighted by atomic mass is 35.5. The molecule has 1 aliphatic heterocycles. The average molecular weight is 382 g/mol. The Labute approximate surface area is 144 Å². The van der Waals surface area contributed by atoms with Gasteiger partial charge in [-0.05, 0) is 18.2 Å². The van der Waals surface area contributed by atoms with Gasteiger partial charge in [0.25, 0.3) is 0 Å². The first-order chi connectivity index (χ1) is 10.9. The number of rotatable bonds is 5. The molecule has 128 valence electrons. The molecule has 0 bridgehead atoms. The lowest BCUT2D eigenvalue weighted by atomic mass is 10.4. The Morgan fingerprint density at radius 3 is 2.52 bits per heavy atom. The highest BCUT2D eigenvalue weighted by Gasteiger charge is 2.17. The van der Waals surface area contributed by atoms with Crippen molar-refractivity contribution in [1.82, 2.24) is 14.9 Å². The molecular weight excluding hydrogens is 365 g/mol. The van der Waals surface area contributed by atoms with E-state index in [1.54, 1.807) is 4.90 Å². The maximum Gasteiger partial charge on any atom is 0.317 e. The van der Waals surface area contributed by atoms with Crippen molar-refractivity contribution in [2.24, 2.45) is 0 Å². The van der Waals surface area contributed by atoms with Crippen LogP contribution >= 0.6 is 23.2 Å². The quantitative estimate of drug-likeness (QED) is 0.752. The predicted octanol–water partition coefficient (Wildman–Crippen LogP) is 1.31. The second-order valence-electron chi connectivity index (χ2n) is 4.81. The van der Waals surface area contributed by atoms with Crippen LogP contribution in [-0.2, 0) is 14.8 Å². The number of morpholine rings is 1. The molecule has 2 amide bonds. The SMILES string of the molecule is O=C(NCCNS(=O)(=O)c1ccc(Cl)c(Cl)c1)N1CCOCC1. The first-order valence-corrected chi connectivity index (χ1v) is 9.19. The molecule has 23 heavy (non-hydrogen) atoms. The third-order valence-corrected chi connectivity index (χ3v) is 5.39. The molecule has 0 atom stereocenters. The zero-order valence-corrected chi connectivity index (χ0v) is 14.5. The van der Waals surface area contributed by atoms with Gasteiger partial charge in [0.2, 0.25) is 10.0 Å². The van der Waals surface area contributed by atoms with E-state index in [2.05, 4.69) is 10.0 Å². The number of amides is 2. The summed E-state index contributed by atoms with van der Waals surface area (Å²) in [5.41, 5.74) is 0. The average Bonchev–Trinajstić information content (AvgIpc) is 2.54. The fourth-order valence-electron chi connectivity index (χ4n) is 1.96. The molecule has 0 unspecified atom stereocenters. The molecule has 1 fully saturated rings. The Hall–Kier alpha value is -1.06. The van der Waals surface area contributed by atoms with Crippen LogP contribution in [0.25, 0.3) is 0 Å². The van der Waals surface area contributed by atoms with Gasteiger partial charge in [-0.2, -0.15) is 0 Å². The van der Waals surface area contributed by atoms with Gasteiger partial charge in [0.15, 0.2) is 0 Å². The minimum Gasteiger partial charge on any atom is -0.378 e. The zero-order chi connectivity index (χ0) is 16.9. The van der Waals surface area contributed by atoms with Crippen molar-refractivity contribution in [1.29, 1.82) is 0 Å². The van der Waals surface area contributed by atoms with Crippen molar-refractivity contribution < 1.29 is 17.9 Å². The summed E-state index contributed by atoms with van der Waals surface area (Å²) in [6.45, 7) is 2.33. The summed E-state index contributed by atoms with van der Waals surface area (Å²) in [7, 11) is -3.70. The number of hydrogen-bond donors (Lipinski definition) is 2. The highest BCUT2D eigenvalue weighted by Crippen LogP contribution is 2.24. The topological polar surface area (TPSA) is 87.7 Å². The minimum absolute atomic E-state index is 0.0198. The number of benzene rings is 1. The van der Waals surface area contributed by atoms with Crippen molar-refractivity contribution in [2.45, 2.75) is 4.90 Å². The van der Waals surface area contributed by atoms with Gasteiger partial charge in [-0.25, -0.2) is 17.9 Å². The summed E-state index contributed by atoms with van der Waals surface area (Å²) in [6, 6.07) is 3.82. The maximum absolute atomic E-state index is 12.1. The Morgan fingerprint density at radius 1 is 1.17 bits per heavy atom. The Kier molecular flexibility index (Phi) is 6.49. The van der Waals surface area contributed by atoms with E-state index in [0.717, 1.165) is 0 Å². The molecule has 1 saturated heterocycles. The summed E-state index contributed by atoms with van der Waals surface area (Å²) in [4.78, 5) is 13.5.